The summed E-state index contributed by atoms with van der Waals surface area (Å²) in [6.45, 7) is 0. The second kappa shape index (κ2) is 2.96. The molecule has 1 rings (SSSR count). The fraction of sp³-hybridized carbons (Fsp3) is 0.333. The summed E-state index contributed by atoms with van der Waals surface area (Å²) in [5.41, 5.74) is 0.189. The van der Waals surface area contributed by atoms with Crippen LogP contribution in [0.25, 0.3) is 0 Å². The molecule has 1 heterocycles. The van der Waals surface area contributed by atoms with E-state index in [0.29, 0.717) is 11.6 Å². The smallest absolute Gasteiger partial charge is 0.354 e. The van der Waals surface area contributed by atoms with Crippen LogP contribution in [0.15, 0.2) is 6.20 Å². The van der Waals surface area contributed by atoms with Crippen molar-refractivity contribution in [2.75, 3.05) is 0 Å². The summed E-state index contributed by atoms with van der Waals surface area (Å²) in [7, 11) is 1.65. The molecule has 0 saturated carbocycles. The van der Waals surface area contributed by atoms with Crippen LogP contribution in [-0.4, -0.2) is 20.6 Å². The van der Waals surface area contributed by atoms with E-state index >= 15 is 0 Å². The minimum absolute atomic E-state index is 0.189. The maximum Gasteiger partial charge on any atom is 0.354 e. The predicted molar refractivity (Wildman–Crippen MR) is 42.9 cm³/mol. The number of carboxylic acids is 1. The summed E-state index contributed by atoms with van der Waals surface area (Å²) in [5, 5.41) is 8.59. The van der Waals surface area contributed by atoms with Gasteiger partial charge in [-0.15, -0.1) is 0 Å². The van der Waals surface area contributed by atoms with Gasteiger partial charge in [0.2, 0.25) is 0 Å². The average molecular weight is 172 g/mol. The summed E-state index contributed by atoms with van der Waals surface area (Å²) in [5.74, 6) is 0.141. The summed E-state index contributed by atoms with van der Waals surface area (Å²) in [4.78, 5) is 14.3. The third kappa shape index (κ3) is 1.37. The first-order valence-electron chi connectivity index (χ1n) is 3.01. The van der Waals surface area contributed by atoms with Gasteiger partial charge in [0.1, 0.15) is 11.5 Å². The lowest BCUT2D eigenvalue weighted by Gasteiger charge is -1.98. The summed E-state index contributed by atoms with van der Waals surface area (Å²) in [6.07, 6.45) is 1.33. The monoisotopic (exact) mass is 172 g/mol. The maximum atomic E-state index is 10.5. The van der Waals surface area contributed by atoms with Crippen LogP contribution in [0.5, 0.6) is 0 Å². The topological polar surface area (TPSA) is 55.1 Å². The van der Waals surface area contributed by atoms with E-state index in [-0.39, 0.29) is 5.69 Å². The van der Waals surface area contributed by atoms with E-state index in [0.717, 1.165) is 0 Å². The fourth-order valence-corrected chi connectivity index (χ4v) is 1.09. The molecule has 0 aliphatic carbocycles. The van der Waals surface area contributed by atoms with Gasteiger partial charge in [0.15, 0.2) is 0 Å². The number of carboxylic acid groups (broad SMARTS) is 1. The molecule has 0 aromatic carbocycles. The van der Waals surface area contributed by atoms with E-state index in [9.17, 15) is 4.79 Å². The lowest BCUT2D eigenvalue weighted by Crippen LogP contribution is -2.05. The van der Waals surface area contributed by atoms with Crippen LogP contribution in [0.2, 0.25) is 0 Å². The van der Waals surface area contributed by atoms with Gasteiger partial charge < -0.3 is 9.67 Å². The van der Waals surface area contributed by atoms with Gasteiger partial charge in [0.05, 0.1) is 6.20 Å². The van der Waals surface area contributed by atoms with E-state index < -0.39 is 5.97 Å². The SMILES string of the molecule is Cn1c(C(=O)O)cnc1CS. The minimum atomic E-state index is -0.965. The molecule has 11 heavy (non-hydrogen) atoms. The van der Waals surface area contributed by atoms with Crippen LogP contribution in [-0.2, 0) is 12.8 Å². The molecule has 0 aliphatic rings. The lowest BCUT2D eigenvalue weighted by molar-refractivity contribution is 0.0686. The fourth-order valence-electron chi connectivity index (χ4n) is 0.793. The highest BCUT2D eigenvalue weighted by Gasteiger charge is 2.10. The van der Waals surface area contributed by atoms with Crippen molar-refractivity contribution < 1.29 is 9.90 Å². The van der Waals surface area contributed by atoms with Gasteiger partial charge >= 0.3 is 5.97 Å². The van der Waals surface area contributed by atoms with Crippen molar-refractivity contribution in [3.63, 3.8) is 0 Å². The molecule has 1 aromatic heterocycles. The van der Waals surface area contributed by atoms with Gasteiger partial charge in [-0.1, -0.05) is 0 Å². The zero-order valence-corrected chi connectivity index (χ0v) is 6.88. The van der Waals surface area contributed by atoms with Crippen molar-refractivity contribution in [1.82, 2.24) is 9.55 Å². The van der Waals surface area contributed by atoms with Crippen molar-refractivity contribution in [2.24, 2.45) is 7.05 Å². The predicted octanol–water partition coefficient (Wildman–Crippen LogP) is 0.548. The van der Waals surface area contributed by atoms with Gasteiger partial charge in [0, 0.05) is 12.8 Å². The Kier molecular flexibility index (Phi) is 2.19. The Labute approximate surface area is 69.3 Å². The number of aromatic carboxylic acids is 1. The molecule has 4 nitrogen and oxygen atoms in total. The van der Waals surface area contributed by atoms with Crippen LogP contribution >= 0.6 is 12.6 Å². The maximum absolute atomic E-state index is 10.5. The van der Waals surface area contributed by atoms with E-state index in [2.05, 4.69) is 17.6 Å². The standard InChI is InChI=1S/C6H8N2O2S/c1-8-4(6(9)10)2-7-5(8)3-11/h2,11H,3H2,1H3,(H,9,10). The number of imidazole rings is 1. The molecule has 5 heteroatoms. The molecule has 0 atom stereocenters. The summed E-state index contributed by atoms with van der Waals surface area (Å²) in [6, 6.07) is 0. The van der Waals surface area contributed by atoms with Gasteiger partial charge in [-0.05, 0) is 0 Å². The molecule has 0 unspecified atom stereocenters. The number of thiol groups is 1. The molecule has 0 saturated heterocycles. The normalized spacial score (nSPS) is 10.0. The Hall–Kier alpha value is -0.970. The van der Waals surface area contributed by atoms with E-state index in [4.69, 9.17) is 5.11 Å². The average Bonchev–Trinajstić information content (AvgIpc) is 2.30. The first-order chi connectivity index (χ1) is 5.16. The third-order valence-corrected chi connectivity index (χ3v) is 1.73. The third-order valence-electron chi connectivity index (χ3n) is 1.44. The second-order valence-corrected chi connectivity index (χ2v) is 2.40. The second-order valence-electron chi connectivity index (χ2n) is 2.08. The van der Waals surface area contributed by atoms with Gasteiger partial charge in [0.25, 0.3) is 0 Å². The van der Waals surface area contributed by atoms with Gasteiger partial charge in [-0.25, -0.2) is 9.78 Å². The highest BCUT2D eigenvalue weighted by atomic mass is 32.1. The molecule has 0 fully saturated rings. The molecular formula is C6H8N2O2S. The molecule has 60 valence electrons. The zero-order valence-electron chi connectivity index (χ0n) is 5.98. The molecule has 0 amide bonds. The van der Waals surface area contributed by atoms with Crippen molar-refractivity contribution in [3.05, 3.63) is 17.7 Å². The van der Waals surface area contributed by atoms with Crippen molar-refractivity contribution in [2.45, 2.75) is 5.75 Å². The summed E-state index contributed by atoms with van der Waals surface area (Å²) < 4.78 is 1.51. The number of nitrogens with zero attached hydrogens (tertiary/aromatic N) is 2. The first-order valence-corrected chi connectivity index (χ1v) is 3.64. The number of aromatic nitrogens is 2. The van der Waals surface area contributed by atoms with E-state index in [1.165, 1.54) is 10.8 Å². The van der Waals surface area contributed by atoms with E-state index in [1.807, 2.05) is 0 Å². The molecule has 1 aromatic rings. The zero-order chi connectivity index (χ0) is 8.43. The van der Waals surface area contributed by atoms with E-state index in [1.54, 1.807) is 7.05 Å². The van der Waals surface area contributed by atoms with Crippen LogP contribution in [0.4, 0.5) is 0 Å². The number of hydrogen-bond donors (Lipinski definition) is 2. The minimum Gasteiger partial charge on any atom is -0.477 e. The molecule has 0 aliphatic heterocycles. The molecule has 0 spiro atoms. The highest BCUT2D eigenvalue weighted by Crippen LogP contribution is 2.04. The highest BCUT2D eigenvalue weighted by molar-refractivity contribution is 7.79. The Morgan fingerprint density at radius 1 is 1.91 bits per heavy atom. The molecule has 1 N–H and O–H groups in total. The van der Waals surface area contributed by atoms with Crippen LogP contribution in [0.1, 0.15) is 16.3 Å². The van der Waals surface area contributed by atoms with Crippen molar-refractivity contribution >= 4 is 18.6 Å². The lowest BCUT2D eigenvalue weighted by atomic mass is 10.5. The van der Waals surface area contributed by atoms with Crippen LogP contribution in [0.3, 0.4) is 0 Å². The molecular weight excluding hydrogens is 164 g/mol. The Balaban J connectivity index is 3.10. The Morgan fingerprint density at radius 2 is 2.55 bits per heavy atom. The first kappa shape index (κ1) is 8.13. The molecule has 0 bridgehead atoms. The number of carbonyl (C=O) groups is 1. The van der Waals surface area contributed by atoms with Crippen molar-refractivity contribution in [1.29, 1.82) is 0 Å². The molecule has 0 radical (unpaired) electrons. The van der Waals surface area contributed by atoms with Gasteiger partial charge in [-0.3, -0.25) is 0 Å². The number of hydrogen-bond acceptors (Lipinski definition) is 3. The van der Waals surface area contributed by atoms with Crippen molar-refractivity contribution in [3.8, 4) is 0 Å². The quantitative estimate of drug-likeness (QED) is 0.640. The largest absolute Gasteiger partial charge is 0.477 e. The number of rotatable bonds is 2. The Morgan fingerprint density at radius 3 is 2.82 bits per heavy atom. The summed E-state index contributed by atoms with van der Waals surface area (Å²) >= 11 is 3.99. The van der Waals surface area contributed by atoms with Crippen LogP contribution in [0, 0.1) is 0 Å². The van der Waals surface area contributed by atoms with Gasteiger partial charge in [-0.2, -0.15) is 12.6 Å². The van der Waals surface area contributed by atoms with Crippen LogP contribution < -0.4 is 0 Å². The Bertz CT molecular complexity index is 282.